The molecular weight excluding hydrogens is 178 g/mol. The Balaban J connectivity index is 2.22. The normalized spacial score (nSPS) is 21.1. The van der Waals surface area contributed by atoms with Crippen LogP contribution in [0, 0.1) is 5.92 Å². The molecule has 1 fully saturated rings. The van der Waals surface area contributed by atoms with Gasteiger partial charge in [-0.2, -0.15) is 0 Å². The van der Waals surface area contributed by atoms with Gasteiger partial charge in [0.15, 0.2) is 0 Å². The van der Waals surface area contributed by atoms with Crippen molar-refractivity contribution in [3.8, 4) is 0 Å². The van der Waals surface area contributed by atoms with E-state index in [0.717, 1.165) is 13.1 Å². The van der Waals surface area contributed by atoms with Gasteiger partial charge in [-0.3, -0.25) is 10.4 Å². The molecule has 0 aromatic heterocycles. The van der Waals surface area contributed by atoms with E-state index in [0.29, 0.717) is 11.9 Å². The third-order valence-corrected chi connectivity index (χ3v) is 2.82. The molecule has 5 N–H and O–H groups in total. The van der Waals surface area contributed by atoms with Crippen LogP contribution < -0.4 is 17.0 Å². The fourth-order valence-electron chi connectivity index (χ4n) is 1.76. The summed E-state index contributed by atoms with van der Waals surface area (Å²) in [5, 5.41) is 0. The molecular formula is C9H21N5. The van der Waals surface area contributed by atoms with Crippen LogP contribution in [0.2, 0.25) is 0 Å². The number of hydrogen-bond acceptors (Lipinski definition) is 3. The first-order chi connectivity index (χ1) is 6.76. The Bertz CT molecular complexity index is 184. The lowest BCUT2D eigenvalue weighted by Crippen LogP contribution is -2.38. The van der Waals surface area contributed by atoms with Crippen molar-refractivity contribution in [2.24, 2.45) is 22.5 Å². The SMILES string of the molecule is CCN1CCC(CN=C(N)NN)CC1. The summed E-state index contributed by atoms with van der Waals surface area (Å²) in [5.41, 5.74) is 7.79. The molecule has 0 unspecified atom stereocenters. The summed E-state index contributed by atoms with van der Waals surface area (Å²) in [6, 6.07) is 0. The van der Waals surface area contributed by atoms with Crippen LogP contribution in [0.5, 0.6) is 0 Å². The molecule has 1 heterocycles. The maximum atomic E-state index is 5.45. The zero-order valence-corrected chi connectivity index (χ0v) is 8.87. The molecule has 0 saturated carbocycles. The second-order valence-electron chi connectivity index (χ2n) is 3.75. The maximum Gasteiger partial charge on any atom is 0.203 e. The third-order valence-electron chi connectivity index (χ3n) is 2.82. The van der Waals surface area contributed by atoms with E-state index in [1.807, 2.05) is 0 Å². The molecule has 0 radical (unpaired) electrons. The van der Waals surface area contributed by atoms with Crippen LogP contribution in [0.4, 0.5) is 0 Å². The summed E-state index contributed by atoms with van der Waals surface area (Å²) in [4.78, 5) is 6.62. The zero-order chi connectivity index (χ0) is 10.4. The Morgan fingerprint density at radius 2 is 2.14 bits per heavy atom. The smallest absolute Gasteiger partial charge is 0.203 e. The average molecular weight is 199 g/mol. The molecule has 1 rings (SSSR count). The number of nitrogens with one attached hydrogen (secondary N) is 1. The molecule has 1 saturated heterocycles. The van der Waals surface area contributed by atoms with Gasteiger partial charge in [-0.25, -0.2) is 5.84 Å². The molecule has 5 nitrogen and oxygen atoms in total. The molecule has 0 aromatic rings. The highest BCUT2D eigenvalue weighted by Crippen LogP contribution is 2.16. The highest BCUT2D eigenvalue weighted by molar-refractivity contribution is 5.77. The Hall–Kier alpha value is -0.810. The highest BCUT2D eigenvalue weighted by Gasteiger charge is 2.17. The largest absolute Gasteiger partial charge is 0.369 e. The molecule has 0 aromatic carbocycles. The van der Waals surface area contributed by atoms with E-state index in [9.17, 15) is 0 Å². The number of guanidine groups is 1. The van der Waals surface area contributed by atoms with Gasteiger partial charge < -0.3 is 10.6 Å². The average Bonchev–Trinajstić information content (AvgIpc) is 2.26. The van der Waals surface area contributed by atoms with Gasteiger partial charge in [0.25, 0.3) is 0 Å². The first-order valence-corrected chi connectivity index (χ1v) is 5.25. The third kappa shape index (κ3) is 3.51. The minimum Gasteiger partial charge on any atom is -0.369 e. The standard InChI is InChI=1S/C9H21N5/c1-2-14-5-3-8(4-6-14)7-12-9(10)13-11/h8H,2-7,11H2,1H3,(H3,10,12,13). The van der Waals surface area contributed by atoms with E-state index in [-0.39, 0.29) is 0 Å². The monoisotopic (exact) mass is 199 g/mol. The number of hydrogen-bond donors (Lipinski definition) is 3. The van der Waals surface area contributed by atoms with Crippen LogP contribution in [0.1, 0.15) is 19.8 Å². The predicted octanol–water partition coefficient (Wildman–Crippen LogP) is -0.504. The Morgan fingerprint density at radius 1 is 1.50 bits per heavy atom. The molecule has 14 heavy (non-hydrogen) atoms. The quantitative estimate of drug-likeness (QED) is 0.248. The fraction of sp³-hybridized carbons (Fsp3) is 0.889. The van der Waals surface area contributed by atoms with Crippen LogP contribution in [0.3, 0.4) is 0 Å². The molecule has 0 bridgehead atoms. The number of piperidine rings is 1. The van der Waals surface area contributed by atoms with E-state index in [1.54, 1.807) is 0 Å². The first kappa shape index (κ1) is 11.3. The maximum absolute atomic E-state index is 5.45. The minimum absolute atomic E-state index is 0.336. The van der Waals surface area contributed by atoms with E-state index in [1.165, 1.54) is 25.9 Å². The van der Waals surface area contributed by atoms with Crippen LogP contribution in [-0.4, -0.2) is 37.0 Å². The van der Waals surface area contributed by atoms with Gasteiger partial charge in [-0.15, -0.1) is 0 Å². The number of likely N-dealkylation sites (tertiary alicyclic amines) is 1. The van der Waals surface area contributed by atoms with Gasteiger partial charge in [-0.1, -0.05) is 6.92 Å². The second kappa shape index (κ2) is 5.82. The van der Waals surface area contributed by atoms with Crippen molar-refractivity contribution in [2.45, 2.75) is 19.8 Å². The van der Waals surface area contributed by atoms with Gasteiger partial charge in [-0.05, 0) is 38.4 Å². The Morgan fingerprint density at radius 3 is 2.64 bits per heavy atom. The second-order valence-corrected chi connectivity index (χ2v) is 3.75. The lowest BCUT2D eigenvalue weighted by Gasteiger charge is -2.30. The number of nitrogens with zero attached hydrogens (tertiary/aromatic N) is 2. The molecule has 82 valence electrons. The molecule has 1 aliphatic rings. The molecule has 1 aliphatic heterocycles. The van der Waals surface area contributed by atoms with E-state index >= 15 is 0 Å². The highest BCUT2D eigenvalue weighted by atomic mass is 15.3. The summed E-state index contributed by atoms with van der Waals surface area (Å²) < 4.78 is 0. The topological polar surface area (TPSA) is 79.7 Å². The van der Waals surface area contributed by atoms with Crippen molar-refractivity contribution in [3.05, 3.63) is 0 Å². The summed E-state index contributed by atoms with van der Waals surface area (Å²) in [6.45, 7) is 6.53. The minimum atomic E-state index is 0.336. The molecule has 0 amide bonds. The van der Waals surface area contributed by atoms with Gasteiger partial charge in [0.2, 0.25) is 5.96 Å². The van der Waals surface area contributed by atoms with Crippen LogP contribution in [0.25, 0.3) is 0 Å². The molecule has 0 atom stereocenters. The molecule has 0 spiro atoms. The summed E-state index contributed by atoms with van der Waals surface area (Å²) in [5.74, 6) is 6.12. The van der Waals surface area contributed by atoms with Crippen molar-refractivity contribution < 1.29 is 0 Å². The van der Waals surface area contributed by atoms with Gasteiger partial charge in [0.05, 0.1) is 0 Å². The van der Waals surface area contributed by atoms with Crippen LogP contribution in [-0.2, 0) is 0 Å². The van der Waals surface area contributed by atoms with Gasteiger partial charge in [0.1, 0.15) is 0 Å². The number of aliphatic imine (C=N–C) groups is 1. The van der Waals surface area contributed by atoms with Crippen molar-refractivity contribution in [1.82, 2.24) is 10.3 Å². The van der Waals surface area contributed by atoms with E-state index in [2.05, 4.69) is 22.2 Å². The van der Waals surface area contributed by atoms with Crippen LogP contribution >= 0.6 is 0 Å². The van der Waals surface area contributed by atoms with Crippen LogP contribution in [0.15, 0.2) is 4.99 Å². The van der Waals surface area contributed by atoms with Crippen molar-refractivity contribution in [2.75, 3.05) is 26.2 Å². The predicted molar refractivity (Wildman–Crippen MR) is 58.7 cm³/mol. The molecule has 0 aliphatic carbocycles. The lowest BCUT2D eigenvalue weighted by atomic mass is 9.97. The van der Waals surface area contributed by atoms with Crippen molar-refractivity contribution >= 4 is 5.96 Å². The fourth-order valence-corrected chi connectivity index (χ4v) is 1.76. The zero-order valence-electron chi connectivity index (χ0n) is 8.87. The Labute approximate surface area is 85.5 Å². The summed E-state index contributed by atoms with van der Waals surface area (Å²) in [7, 11) is 0. The number of nitrogens with two attached hydrogens (primary N) is 2. The van der Waals surface area contributed by atoms with Gasteiger partial charge >= 0.3 is 0 Å². The lowest BCUT2D eigenvalue weighted by molar-refractivity contribution is 0.196. The molecule has 5 heteroatoms. The van der Waals surface area contributed by atoms with E-state index in [4.69, 9.17) is 11.6 Å². The number of hydrazine groups is 1. The van der Waals surface area contributed by atoms with Crippen molar-refractivity contribution in [3.63, 3.8) is 0 Å². The van der Waals surface area contributed by atoms with Crippen molar-refractivity contribution in [1.29, 1.82) is 0 Å². The summed E-state index contributed by atoms with van der Waals surface area (Å²) in [6.07, 6.45) is 2.43. The summed E-state index contributed by atoms with van der Waals surface area (Å²) >= 11 is 0. The van der Waals surface area contributed by atoms with Gasteiger partial charge in [0, 0.05) is 6.54 Å². The van der Waals surface area contributed by atoms with E-state index < -0.39 is 0 Å². The Kier molecular flexibility index (Phi) is 4.69. The first-order valence-electron chi connectivity index (χ1n) is 5.25. The number of rotatable bonds is 3.